The summed E-state index contributed by atoms with van der Waals surface area (Å²) in [5.41, 5.74) is 0.560. The topological polar surface area (TPSA) is 36.9 Å². The minimum absolute atomic E-state index is 0.143. The van der Waals surface area contributed by atoms with Gasteiger partial charge >= 0.3 is 0 Å². The molecule has 21 heavy (non-hydrogen) atoms. The van der Waals surface area contributed by atoms with E-state index in [1.807, 2.05) is 0 Å². The molecule has 116 valence electrons. The molecular weight excluding hydrogens is 275 g/mol. The van der Waals surface area contributed by atoms with Crippen molar-refractivity contribution in [2.45, 2.75) is 44.2 Å². The summed E-state index contributed by atoms with van der Waals surface area (Å²) in [5, 5.41) is 0. The van der Waals surface area contributed by atoms with Crippen LogP contribution >= 0.6 is 0 Å². The number of halogens is 1. The van der Waals surface area contributed by atoms with Crippen LogP contribution in [0, 0.1) is 5.82 Å². The van der Waals surface area contributed by atoms with Gasteiger partial charge in [-0.1, -0.05) is 6.07 Å². The molecule has 1 saturated carbocycles. The maximum Gasteiger partial charge on any atom is 0.168 e. The lowest BCUT2D eigenvalue weighted by Crippen LogP contribution is -2.37. The smallest absolute Gasteiger partial charge is 0.168 e. The zero-order chi connectivity index (χ0) is 14.7. The van der Waals surface area contributed by atoms with E-state index in [0.29, 0.717) is 24.5 Å². The molecule has 0 radical (unpaired) electrons. The number of hydrogen-bond acceptors (Lipinski definition) is 4. The Morgan fingerprint density at radius 2 is 1.95 bits per heavy atom. The minimum Gasteiger partial charge on any atom is -0.497 e. The van der Waals surface area contributed by atoms with Gasteiger partial charge in [0.2, 0.25) is 0 Å². The van der Waals surface area contributed by atoms with E-state index in [-0.39, 0.29) is 24.3 Å². The normalized spacial score (nSPS) is 21.8. The Kier molecular flexibility index (Phi) is 4.42. The molecule has 0 bridgehead atoms. The number of methoxy groups -OCH3 is 1. The molecule has 0 amide bonds. The predicted molar refractivity (Wildman–Crippen MR) is 74.6 cm³/mol. The molecule has 0 N–H and O–H groups in total. The van der Waals surface area contributed by atoms with E-state index in [1.54, 1.807) is 12.1 Å². The summed E-state index contributed by atoms with van der Waals surface area (Å²) in [4.78, 5) is 0. The van der Waals surface area contributed by atoms with Crippen molar-refractivity contribution < 1.29 is 23.3 Å². The van der Waals surface area contributed by atoms with Gasteiger partial charge in [0.25, 0.3) is 0 Å². The number of ether oxygens (including phenoxy) is 4. The first-order valence-electron chi connectivity index (χ1n) is 7.43. The van der Waals surface area contributed by atoms with E-state index in [2.05, 4.69) is 0 Å². The fraction of sp³-hybridized carbons (Fsp3) is 0.625. The largest absolute Gasteiger partial charge is 0.497 e. The highest BCUT2D eigenvalue weighted by molar-refractivity contribution is 5.28. The lowest BCUT2D eigenvalue weighted by Gasteiger charge is -2.35. The van der Waals surface area contributed by atoms with Crippen molar-refractivity contribution in [3.8, 4) is 5.75 Å². The Morgan fingerprint density at radius 3 is 2.57 bits per heavy atom. The Bertz CT molecular complexity index is 475. The maximum atomic E-state index is 13.8. The zero-order valence-electron chi connectivity index (χ0n) is 12.3. The highest BCUT2D eigenvalue weighted by Gasteiger charge is 2.40. The molecule has 1 aromatic rings. The van der Waals surface area contributed by atoms with Crippen LogP contribution in [0.15, 0.2) is 18.2 Å². The van der Waals surface area contributed by atoms with Crippen LogP contribution in [-0.4, -0.2) is 32.2 Å². The van der Waals surface area contributed by atoms with E-state index in [9.17, 15) is 4.39 Å². The van der Waals surface area contributed by atoms with Crippen molar-refractivity contribution in [2.24, 2.45) is 0 Å². The maximum absolute atomic E-state index is 13.8. The fourth-order valence-electron chi connectivity index (χ4n) is 2.96. The summed E-state index contributed by atoms with van der Waals surface area (Å²) in [7, 11) is 1.52. The standard InChI is InChI=1S/C16H21FO4/c1-18-14-3-2-12(15(17)10-14)11-19-13-4-6-16(7-5-13)20-8-9-21-16/h2-3,10,13H,4-9,11H2,1H3. The van der Waals surface area contributed by atoms with Gasteiger partial charge in [-0.05, 0) is 18.9 Å². The van der Waals surface area contributed by atoms with Crippen LogP contribution < -0.4 is 4.74 Å². The summed E-state index contributed by atoms with van der Waals surface area (Å²) in [5.74, 6) is -0.138. The quantitative estimate of drug-likeness (QED) is 0.856. The van der Waals surface area contributed by atoms with Gasteiger partial charge in [0.15, 0.2) is 5.79 Å². The lowest BCUT2D eigenvalue weighted by atomic mass is 9.92. The van der Waals surface area contributed by atoms with Gasteiger partial charge in [0.05, 0.1) is 33.0 Å². The Balaban J connectivity index is 1.50. The predicted octanol–water partition coefficient (Wildman–Crippen LogP) is 3.04. The van der Waals surface area contributed by atoms with Gasteiger partial charge in [0.1, 0.15) is 11.6 Å². The summed E-state index contributed by atoms with van der Waals surface area (Å²) in [6.45, 7) is 1.65. The highest BCUT2D eigenvalue weighted by atomic mass is 19.1. The summed E-state index contributed by atoms with van der Waals surface area (Å²) < 4.78 is 36.0. The van der Waals surface area contributed by atoms with Crippen molar-refractivity contribution in [1.29, 1.82) is 0 Å². The zero-order valence-corrected chi connectivity index (χ0v) is 12.3. The molecule has 1 saturated heterocycles. The number of rotatable bonds is 4. The van der Waals surface area contributed by atoms with Crippen LogP contribution in [0.25, 0.3) is 0 Å². The van der Waals surface area contributed by atoms with Crippen LogP contribution in [0.1, 0.15) is 31.2 Å². The number of benzene rings is 1. The second-order valence-corrected chi connectivity index (χ2v) is 5.58. The Hall–Kier alpha value is -1.17. The van der Waals surface area contributed by atoms with Crippen LogP contribution in [-0.2, 0) is 20.8 Å². The molecule has 3 rings (SSSR count). The molecule has 5 heteroatoms. The van der Waals surface area contributed by atoms with Gasteiger partial charge in [0, 0.05) is 24.5 Å². The second kappa shape index (κ2) is 6.30. The third-order valence-electron chi connectivity index (χ3n) is 4.24. The molecule has 0 aromatic heterocycles. The minimum atomic E-state index is -0.370. The molecule has 0 unspecified atom stereocenters. The molecule has 4 nitrogen and oxygen atoms in total. The van der Waals surface area contributed by atoms with Gasteiger partial charge in [-0.3, -0.25) is 0 Å². The molecule has 1 aromatic carbocycles. The van der Waals surface area contributed by atoms with Crippen molar-refractivity contribution >= 4 is 0 Å². The van der Waals surface area contributed by atoms with E-state index < -0.39 is 0 Å². The van der Waals surface area contributed by atoms with Crippen molar-refractivity contribution in [2.75, 3.05) is 20.3 Å². The van der Waals surface area contributed by atoms with Crippen LogP contribution in [0.3, 0.4) is 0 Å². The first-order valence-corrected chi connectivity index (χ1v) is 7.43. The third kappa shape index (κ3) is 3.36. The lowest BCUT2D eigenvalue weighted by molar-refractivity contribution is -0.192. The van der Waals surface area contributed by atoms with Gasteiger partial charge in [-0.2, -0.15) is 0 Å². The van der Waals surface area contributed by atoms with Gasteiger partial charge in [-0.15, -0.1) is 0 Å². The summed E-state index contributed by atoms with van der Waals surface area (Å²) in [6, 6.07) is 4.84. The fourth-order valence-corrected chi connectivity index (χ4v) is 2.96. The van der Waals surface area contributed by atoms with Crippen molar-refractivity contribution in [3.05, 3.63) is 29.6 Å². The highest BCUT2D eigenvalue weighted by Crippen LogP contribution is 2.37. The molecule has 1 aliphatic heterocycles. The van der Waals surface area contributed by atoms with E-state index in [4.69, 9.17) is 18.9 Å². The van der Waals surface area contributed by atoms with Crippen LogP contribution in [0.4, 0.5) is 4.39 Å². The van der Waals surface area contributed by atoms with E-state index in [0.717, 1.165) is 25.7 Å². The van der Waals surface area contributed by atoms with Gasteiger partial charge in [-0.25, -0.2) is 4.39 Å². The summed E-state index contributed by atoms with van der Waals surface area (Å²) >= 11 is 0. The molecule has 2 fully saturated rings. The first kappa shape index (κ1) is 14.8. The van der Waals surface area contributed by atoms with Crippen LogP contribution in [0.2, 0.25) is 0 Å². The summed E-state index contributed by atoms with van der Waals surface area (Å²) in [6.07, 6.45) is 3.62. The third-order valence-corrected chi connectivity index (χ3v) is 4.24. The molecule has 1 heterocycles. The average Bonchev–Trinajstić information content (AvgIpc) is 2.96. The number of hydrogen-bond donors (Lipinski definition) is 0. The Labute approximate surface area is 124 Å². The van der Waals surface area contributed by atoms with Crippen molar-refractivity contribution in [1.82, 2.24) is 0 Å². The Morgan fingerprint density at radius 1 is 1.24 bits per heavy atom. The van der Waals surface area contributed by atoms with Crippen molar-refractivity contribution in [3.63, 3.8) is 0 Å². The molecule has 0 atom stereocenters. The average molecular weight is 296 g/mol. The first-order chi connectivity index (χ1) is 10.2. The molecule has 1 spiro atoms. The molecule has 1 aliphatic carbocycles. The van der Waals surface area contributed by atoms with Crippen LogP contribution in [0.5, 0.6) is 5.75 Å². The van der Waals surface area contributed by atoms with Gasteiger partial charge < -0.3 is 18.9 Å². The SMILES string of the molecule is COc1ccc(COC2CCC3(CC2)OCCO3)c(F)c1. The second-order valence-electron chi connectivity index (χ2n) is 5.58. The van der Waals surface area contributed by atoms with E-state index in [1.165, 1.54) is 13.2 Å². The molecule has 2 aliphatic rings. The molecular formula is C16H21FO4. The monoisotopic (exact) mass is 296 g/mol. The van der Waals surface area contributed by atoms with E-state index >= 15 is 0 Å².